The number of para-hydroxylation sites is 1. The quantitative estimate of drug-likeness (QED) is 0.880. The zero-order chi connectivity index (χ0) is 19.4. The van der Waals surface area contributed by atoms with Crippen molar-refractivity contribution in [2.45, 2.75) is 13.8 Å². The maximum Gasteiger partial charge on any atom is 0.251 e. The third kappa shape index (κ3) is 4.80. The normalized spacial score (nSPS) is 14.2. The van der Waals surface area contributed by atoms with E-state index in [9.17, 15) is 9.59 Å². The molecule has 0 unspecified atom stereocenters. The fourth-order valence-corrected chi connectivity index (χ4v) is 3.64. The van der Waals surface area contributed by atoms with Gasteiger partial charge in [-0.25, -0.2) is 0 Å². The number of amides is 2. The van der Waals surface area contributed by atoms with Crippen molar-refractivity contribution in [1.82, 2.24) is 10.2 Å². The number of halogens is 1. The molecule has 0 spiro atoms. The van der Waals surface area contributed by atoms with Crippen LogP contribution < -0.4 is 10.2 Å². The van der Waals surface area contributed by atoms with E-state index in [1.54, 1.807) is 4.90 Å². The number of anilines is 1. The summed E-state index contributed by atoms with van der Waals surface area (Å²) in [5.74, 6) is -0.281. The Morgan fingerprint density at radius 3 is 2.26 bits per heavy atom. The van der Waals surface area contributed by atoms with E-state index in [-0.39, 0.29) is 18.4 Å². The first-order chi connectivity index (χ1) is 12.9. The molecule has 0 saturated carbocycles. The summed E-state index contributed by atoms with van der Waals surface area (Å²) in [6.07, 6.45) is 0. The van der Waals surface area contributed by atoms with Crippen LogP contribution in [-0.4, -0.2) is 49.4 Å². The molecular formula is C21H24ClN3O2. The van der Waals surface area contributed by atoms with Crippen molar-refractivity contribution in [1.29, 1.82) is 0 Å². The summed E-state index contributed by atoms with van der Waals surface area (Å²) >= 11 is 6.25. The number of hydrogen-bond donors (Lipinski definition) is 1. The van der Waals surface area contributed by atoms with Gasteiger partial charge >= 0.3 is 0 Å². The molecule has 1 heterocycles. The summed E-state index contributed by atoms with van der Waals surface area (Å²) < 4.78 is 0. The van der Waals surface area contributed by atoms with Crippen LogP contribution in [0.1, 0.15) is 21.5 Å². The molecule has 2 amide bonds. The van der Waals surface area contributed by atoms with E-state index in [0.717, 1.165) is 34.9 Å². The molecule has 0 aromatic heterocycles. The lowest BCUT2D eigenvalue weighted by Crippen LogP contribution is -2.51. The predicted octanol–water partition coefficient (Wildman–Crippen LogP) is 3.04. The van der Waals surface area contributed by atoms with Crippen LogP contribution in [0.15, 0.2) is 42.5 Å². The molecule has 2 aromatic rings. The Morgan fingerprint density at radius 1 is 1.00 bits per heavy atom. The zero-order valence-electron chi connectivity index (χ0n) is 15.7. The van der Waals surface area contributed by atoms with Crippen LogP contribution >= 0.6 is 11.6 Å². The highest BCUT2D eigenvalue weighted by molar-refractivity contribution is 6.33. The molecule has 6 heteroatoms. The molecule has 3 rings (SSSR count). The highest BCUT2D eigenvalue weighted by Gasteiger charge is 2.22. The highest BCUT2D eigenvalue weighted by Crippen LogP contribution is 2.25. The molecular weight excluding hydrogens is 362 g/mol. The Bertz CT molecular complexity index is 825. The number of nitrogens with zero attached hydrogens (tertiary/aromatic N) is 2. The average molecular weight is 386 g/mol. The number of piperazine rings is 1. The van der Waals surface area contributed by atoms with Crippen molar-refractivity contribution < 1.29 is 9.59 Å². The lowest BCUT2D eigenvalue weighted by molar-refractivity contribution is -0.130. The first-order valence-corrected chi connectivity index (χ1v) is 9.45. The maximum absolute atomic E-state index is 12.4. The third-order valence-corrected chi connectivity index (χ3v) is 5.03. The van der Waals surface area contributed by atoms with E-state index in [1.165, 1.54) is 0 Å². The number of rotatable bonds is 4. The van der Waals surface area contributed by atoms with Gasteiger partial charge in [0.05, 0.1) is 17.3 Å². The topological polar surface area (TPSA) is 52.7 Å². The largest absolute Gasteiger partial charge is 0.367 e. The number of aryl methyl sites for hydroxylation is 2. The van der Waals surface area contributed by atoms with E-state index in [0.29, 0.717) is 18.7 Å². The molecule has 1 saturated heterocycles. The van der Waals surface area contributed by atoms with Gasteiger partial charge in [0.1, 0.15) is 0 Å². The molecule has 0 aliphatic carbocycles. The Hall–Kier alpha value is -2.53. The van der Waals surface area contributed by atoms with Crippen LogP contribution in [0.4, 0.5) is 5.69 Å². The molecule has 2 aromatic carbocycles. The molecule has 1 fully saturated rings. The Morgan fingerprint density at radius 2 is 1.63 bits per heavy atom. The Labute approximate surface area is 164 Å². The van der Waals surface area contributed by atoms with Crippen LogP contribution in [0.3, 0.4) is 0 Å². The number of carbonyl (C=O) groups is 2. The van der Waals surface area contributed by atoms with Crippen molar-refractivity contribution in [2.75, 3.05) is 37.6 Å². The summed E-state index contributed by atoms with van der Waals surface area (Å²) in [5.41, 5.74) is 3.64. The summed E-state index contributed by atoms with van der Waals surface area (Å²) in [6, 6.07) is 13.4. The Kier molecular flexibility index (Phi) is 6.01. The van der Waals surface area contributed by atoms with Crippen LogP contribution in [0, 0.1) is 13.8 Å². The van der Waals surface area contributed by atoms with Gasteiger partial charge in [-0.05, 0) is 38.1 Å². The first kappa shape index (κ1) is 19.2. The molecule has 0 radical (unpaired) electrons. The molecule has 0 bridgehead atoms. The van der Waals surface area contributed by atoms with Gasteiger partial charge in [-0.1, -0.05) is 40.9 Å². The zero-order valence-corrected chi connectivity index (χ0v) is 16.4. The fraction of sp³-hybridized carbons (Fsp3) is 0.333. The second-order valence-corrected chi connectivity index (χ2v) is 7.29. The van der Waals surface area contributed by atoms with E-state index >= 15 is 0 Å². The first-order valence-electron chi connectivity index (χ1n) is 9.08. The van der Waals surface area contributed by atoms with Crippen LogP contribution in [0.5, 0.6) is 0 Å². The van der Waals surface area contributed by atoms with Gasteiger partial charge in [-0.3, -0.25) is 9.59 Å². The highest BCUT2D eigenvalue weighted by atomic mass is 35.5. The van der Waals surface area contributed by atoms with Gasteiger partial charge < -0.3 is 15.1 Å². The molecule has 1 aliphatic heterocycles. The van der Waals surface area contributed by atoms with Crippen molar-refractivity contribution >= 4 is 29.1 Å². The smallest absolute Gasteiger partial charge is 0.251 e. The number of hydrogen-bond acceptors (Lipinski definition) is 3. The summed E-state index contributed by atoms with van der Waals surface area (Å²) in [7, 11) is 0. The molecule has 27 heavy (non-hydrogen) atoms. The van der Waals surface area contributed by atoms with Crippen molar-refractivity contribution in [2.24, 2.45) is 0 Å². The molecule has 142 valence electrons. The predicted molar refractivity (Wildman–Crippen MR) is 108 cm³/mol. The summed E-state index contributed by atoms with van der Waals surface area (Å²) in [4.78, 5) is 28.7. The molecule has 5 nitrogen and oxygen atoms in total. The second-order valence-electron chi connectivity index (χ2n) is 6.88. The number of benzene rings is 2. The second kappa shape index (κ2) is 8.44. The monoisotopic (exact) mass is 385 g/mol. The third-order valence-electron chi connectivity index (χ3n) is 4.71. The molecule has 1 aliphatic rings. The maximum atomic E-state index is 12.4. The SMILES string of the molecule is Cc1cc(C)cc(C(=O)NCC(=O)N2CCN(c3ccccc3Cl)CC2)c1. The Balaban J connectivity index is 1.51. The van der Waals surface area contributed by atoms with E-state index in [2.05, 4.69) is 10.2 Å². The van der Waals surface area contributed by atoms with Crippen LogP contribution in [0.25, 0.3) is 0 Å². The van der Waals surface area contributed by atoms with Crippen molar-refractivity contribution in [3.05, 3.63) is 64.2 Å². The minimum Gasteiger partial charge on any atom is -0.367 e. The van der Waals surface area contributed by atoms with Gasteiger partial charge in [0.2, 0.25) is 5.91 Å². The molecule has 0 atom stereocenters. The lowest BCUT2D eigenvalue weighted by atomic mass is 10.1. The minimum atomic E-state index is -0.218. The van der Waals surface area contributed by atoms with Gasteiger partial charge in [0.25, 0.3) is 5.91 Å². The summed E-state index contributed by atoms with van der Waals surface area (Å²) in [5, 5.41) is 3.46. The van der Waals surface area contributed by atoms with E-state index in [1.807, 2.05) is 56.3 Å². The van der Waals surface area contributed by atoms with Gasteiger partial charge in [-0.2, -0.15) is 0 Å². The van der Waals surface area contributed by atoms with Gasteiger partial charge in [0.15, 0.2) is 0 Å². The van der Waals surface area contributed by atoms with Crippen LogP contribution in [-0.2, 0) is 4.79 Å². The number of carbonyl (C=O) groups excluding carboxylic acids is 2. The lowest BCUT2D eigenvalue weighted by Gasteiger charge is -2.36. The fourth-order valence-electron chi connectivity index (χ4n) is 3.38. The average Bonchev–Trinajstić information content (AvgIpc) is 2.65. The van der Waals surface area contributed by atoms with E-state index < -0.39 is 0 Å². The van der Waals surface area contributed by atoms with Gasteiger partial charge in [0, 0.05) is 31.7 Å². The van der Waals surface area contributed by atoms with Crippen molar-refractivity contribution in [3.8, 4) is 0 Å². The minimum absolute atomic E-state index is 0.0118. The van der Waals surface area contributed by atoms with E-state index in [4.69, 9.17) is 11.6 Å². The molecule has 1 N–H and O–H groups in total. The number of nitrogens with one attached hydrogen (secondary N) is 1. The standard InChI is InChI=1S/C21H24ClN3O2/c1-15-11-16(2)13-17(12-15)21(27)23-14-20(26)25-9-7-24(8-10-25)19-6-4-3-5-18(19)22/h3-6,11-13H,7-10,14H2,1-2H3,(H,23,27). The summed E-state index contributed by atoms with van der Waals surface area (Å²) in [6.45, 7) is 6.59. The van der Waals surface area contributed by atoms with Crippen LogP contribution in [0.2, 0.25) is 5.02 Å². The van der Waals surface area contributed by atoms with Crippen molar-refractivity contribution in [3.63, 3.8) is 0 Å². The van der Waals surface area contributed by atoms with Gasteiger partial charge in [-0.15, -0.1) is 0 Å².